The first-order chi connectivity index (χ1) is 23.1. The minimum Gasteiger partial charge on any atom is -0.457 e. The number of aromatic nitrogens is 3. The average Bonchev–Trinajstić information content (AvgIpc) is 3.75. The number of rotatable bonds is 3. The Balaban J connectivity index is 1.18. The van der Waals surface area contributed by atoms with E-state index in [1.165, 1.54) is 27.5 Å². The molecule has 6 aromatic carbocycles. The highest BCUT2D eigenvalue weighted by Crippen LogP contribution is 2.54. The molecule has 0 saturated heterocycles. The zero-order valence-electron chi connectivity index (χ0n) is 26.0. The van der Waals surface area contributed by atoms with Gasteiger partial charge in [-0.15, -0.1) is 0 Å². The molecule has 0 saturated carbocycles. The molecule has 0 unspecified atom stereocenters. The standard InChI is InChI=1S/C43H29N3O/c1-43(2)34-17-9-6-15-31(34)37-33-25-24-30-29-14-8-11-19-36(29)46(39(30)40(33)47-41(37)43)28-22-20-27(21-23-28)42-44-35-18-10-7-16-32(35)38(45-42)26-12-4-3-5-13-26/h3-25H,1-2H3. The molecule has 1 aliphatic rings. The first-order valence-electron chi connectivity index (χ1n) is 16.1. The minimum atomic E-state index is -0.214. The van der Waals surface area contributed by atoms with Crippen molar-refractivity contribution in [3.63, 3.8) is 0 Å². The van der Waals surface area contributed by atoms with Crippen LogP contribution in [0.4, 0.5) is 0 Å². The number of fused-ring (bicyclic) bond motifs is 10. The summed E-state index contributed by atoms with van der Waals surface area (Å²) < 4.78 is 9.31. The highest BCUT2D eigenvalue weighted by atomic mass is 16.3. The fourth-order valence-corrected chi connectivity index (χ4v) is 7.73. The van der Waals surface area contributed by atoms with Crippen molar-refractivity contribution in [2.45, 2.75) is 19.3 Å². The van der Waals surface area contributed by atoms with E-state index in [-0.39, 0.29) is 5.41 Å². The molecule has 3 heterocycles. The van der Waals surface area contributed by atoms with E-state index in [1.807, 2.05) is 18.2 Å². The molecule has 0 aliphatic heterocycles. The van der Waals surface area contributed by atoms with Crippen LogP contribution < -0.4 is 0 Å². The third-order valence-corrected chi connectivity index (χ3v) is 9.96. The Bertz CT molecular complexity index is 2700. The molecule has 0 amide bonds. The van der Waals surface area contributed by atoms with Crippen LogP contribution in [-0.2, 0) is 5.41 Å². The van der Waals surface area contributed by atoms with Crippen LogP contribution in [0, 0.1) is 0 Å². The Morgan fingerprint density at radius 2 is 1.28 bits per heavy atom. The molecule has 222 valence electrons. The SMILES string of the molecule is CC1(C)c2ccccc2-c2c1oc1c2ccc2c3ccccc3n(-c3ccc(-c4nc(-c5ccccc5)c5ccccc5n4)cc3)c21. The molecule has 1 aliphatic carbocycles. The van der Waals surface area contributed by atoms with Gasteiger partial charge >= 0.3 is 0 Å². The molecule has 10 rings (SSSR count). The summed E-state index contributed by atoms with van der Waals surface area (Å²) in [5.74, 6) is 1.75. The average molecular weight is 604 g/mol. The van der Waals surface area contributed by atoms with Gasteiger partial charge in [0.1, 0.15) is 5.76 Å². The maximum Gasteiger partial charge on any atom is 0.160 e. The van der Waals surface area contributed by atoms with E-state index in [1.54, 1.807) is 0 Å². The van der Waals surface area contributed by atoms with Crippen molar-refractivity contribution < 1.29 is 4.42 Å². The van der Waals surface area contributed by atoms with Crippen molar-refractivity contribution in [3.8, 4) is 39.5 Å². The molecule has 0 N–H and O–H groups in total. The van der Waals surface area contributed by atoms with Crippen LogP contribution in [-0.4, -0.2) is 14.5 Å². The topological polar surface area (TPSA) is 43.9 Å². The number of hydrogen-bond acceptors (Lipinski definition) is 3. The summed E-state index contributed by atoms with van der Waals surface area (Å²) in [6, 6.07) is 49.1. The van der Waals surface area contributed by atoms with Crippen molar-refractivity contribution in [1.82, 2.24) is 14.5 Å². The molecule has 4 heteroatoms. The van der Waals surface area contributed by atoms with Crippen LogP contribution in [0.1, 0.15) is 25.2 Å². The summed E-state index contributed by atoms with van der Waals surface area (Å²) in [6.45, 7) is 4.53. The highest BCUT2D eigenvalue weighted by Gasteiger charge is 2.40. The van der Waals surface area contributed by atoms with Crippen molar-refractivity contribution in [1.29, 1.82) is 0 Å². The Morgan fingerprint density at radius 3 is 2.13 bits per heavy atom. The van der Waals surface area contributed by atoms with Crippen molar-refractivity contribution in [2.75, 3.05) is 0 Å². The lowest BCUT2D eigenvalue weighted by atomic mass is 9.86. The zero-order chi connectivity index (χ0) is 31.3. The van der Waals surface area contributed by atoms with Crippen LogP contribution in [0.25, 0.3) is 83.1 Å². The summed E-state index contributed by atoms with van der Waals surface area (Å²) in [5, 5.41) is 4.59. The van der Waals surface area contributed by atoms with E-state index in [2.05, 4.69) is 140 Å². The Labute approximate surface area is 271 Å². The predicted octanol–water partition coefficient (Wildman–Crippen LogP) is 11.1. The van der Waals surface area contributed by atoms with Gasteiger partial charge in [-0.2, -0.15) is 0 Å². The fraction of sp³-hybridized carbons (Fsp3) is 0.0698. The smallest absolute Gasteiger partial charge is 0.160 e. The normalized spacial score (nSPS) is 13.5. The summed E-state index contributed by atoms with van der Waals surface area (Å²) >= 11 is 0. The highest BCUT2D eigenvalue weighted by molar-refractivity contribution is 6.19. The van der Waals surface area contributed by atoms with Gasteiger partial charge in [0.15, 0.2) is 11.4 Å². The van der Waals surface area contributed by atoms with Gasteiger partial charge in [0, 0.05) is 49.3 Å². The molecule has 3 aromatic heterocycles. The predicted molar refractivity (Wildman–Crippen MR) is 192 cm³/mol. The second-order valence-corrected chi connectivity index (χ2v) is 13.0. The molecule has 0 fully saturated rings. The van der Waals surface area contributed by atoms with Gasteiger partial charge < -0.3 is 8.98 Å². The Morgan fingerprint density at radius 1 is 0.574 bits per heavy atom. The third kappa shape index (κ3) is 3.64. The van der Waals surface area contributed by atoms with Gasteiger partial charge in [0.25, 0.3) is 0 Å². The monoisotopic (exact) mass is 603 g/mol. The van der Waals surface area contributed by atoms with Crippen molar-refractivity contribution in [2.24, 2.45) is 0 Å². The molecule has 0 spiro atoms. The first kappa shape index (κ1) is 26.2. The first-order valence-corrected chi connectivity index (χ1v) is 16.1. The number of nitrogens with zero attached hydrogens (tertiary/aromatic N) is 3. The maximum absolute atomic E-state index is 6.96. The van der Waals surface area contributed by atoms with Crippen LogP contribution in [0.2, 0.25) is 0 Å². The molecule has 47 heavy (non-hydrogen) atoms. The van der Waals surface area contributed by atoms with Gasteiger partial charge in [-0.25, -0.2) is 9.97 Å². The minimum absolute atomic E-state index is 0.214. The lowest BCUT2D eigenvalue weighted by molar-refractivity contribution is 0.466. The van der Waals surface area contributed by atoms with Gasteiger partial charge in [0.2, 0.25) is 0 Å². The lowest BCUT2D eigenvalue weighted by Gasteiger charge is -2.18. The Hall–Kier alpha value is -6.00. The number of benzene rings is 6. The van der Waals surface area contributed by atoms with Crippen LogP contribution in [0.15, 0.2) is 144 Å². The molecule has 0 bridgehead atoms. The van der Waals surface area contributed by atoms with E-state index in [0.717, 1.165) is 61.2 Å². The largest absolute Gasteiger partial charge is 0.457 e. The summed E-state index contributed by atoms with van der Waals surface area (Å²) in [7, 11) is 0. The summed E-state index contributed by atoms with van der Waals surface area (Å²) in [4.78, 5) is 10.1. The van der Waals surface area contributed by atoms with Gasteiger partial charge in [0.05, 0.1) is 22.2 Å². The molecule has 0 radical (unpaired) electrons. The molecule has 9 aromatic rings. The van der Waals surface area contributed by atoms with E-state index < -0.39 is 0 Å². The molecular formula is C43H29N3O. The summed E-state index contributed by atoms with van der Waals surface area (Å²) in [5.41, 5.74) is 11.7. The molecular weight excluding hydrogens is 574 g/mol. The molecule has 4 nitrogen and oxygen atoms in total. The summed E-state index contributed by atoms with van der Waals surface area (Å²) in [6.07, 6.45) is 0. The zero-order valence-corrected chi connectivity index (χ0v) is 26.0. The number of furan rings is 1. The van der Waals surface area contributed by atoms with Crippen LogP contribution >= 0.6 is 0 Å². The van der Waals surface area contributed by atoms with Gasteiger partial charge in [-0.3, -0.25) is 0 Å². The second kappa shape index (κ2) is 9.51. The maximum atomic E-state index is 6.96. The van der Waals surface area contributed by atoms with Crippen molar-refractivity contribution in [3.05, 3.63) is 151 Å². The van der Waals surface area contributed by atoms with Crippen LogP contribution in [0.5, 0.6) is 0 Å². The van der Waals surface area contributed by atoms with E-state index in [9.17, 15) is 0 Å². The van der Waals surface area contributed by atoms with Gasteiger partial charge in [-0.1, -0.05) is 97.1 Å². The lowest BCUT2D eigenvalue weighted by Crippen LogP contribution is -2.14. The third-order valence-electron chi connectivity index (χ3n) is 9.96. The van der Waals surface area contributed by atoms with E-state index >= 15 is 0 Å². The number of hydrogen-bond donors (Lipinski definition) is 0. The van der Waals surface area contributed by atoms with Crippen LogP contribution in [0.3, 0.4) is 0 Å². The van der Waals surface area contributed by atoms with E-state index in [0.29, 0.717) is 5.82 Å². The Kier molecular flexibility index (Phi) is 5.31. The molecule has 0 atom stereocenters. The van der Waals surface area contributed by atoms with E-state index in [4.69, 9.17) is 14.4 Å². The number of para-hydroxylation sites is 2. The quantitative estimate of drug-likeness (QED) is 0.202. The fourth-order valence-electron chi connectivity index (χ4n) is 7.73. The second-order valence-electron chi connectivity index (χ2n) is 13.0. The van der Waals surface area contributed by atoms with Crippen molar-refractivity contribution >= 4 is 43.7 Å². The van der Waals surface area contributed by atoms with Gasteiger partial charge in [-0.05, 0) is 67.4 Å².